The maximum absolute atomic E-state index is 12.7. The molecule has 178 valence electrons. The lowest BCUT2D eigenvalue weighted by atomic mass is 10.1. The maximum atomic E-state index is 12.7. The largest absolute Gasteiger partial charge is 0.484 e. The molecule has 0 aliphatic carbocycles. The van der Waals surface area contributed by atoms with Crippen LogP contribution >= 0.6 is 23.2 Å². The van der Waals surface area contributed by atoms with Gasteiger partial charge in [0, 0.05) is 16.1 Å². The van der Waals surface area contributed by atoms with Crippen LogP contribution < -0.4 is 15.4 Å². The number of nitriles is 1. The number of halogens is 2. The van der Waals surface area contributed by atoms with Crippen molar-refractivity contribution in [1.82, 2.24) is 0 Å². The molecule has 36 heavy (non-hydrogen) atoms. The van der Waals surface area contributed by atoms with Gasteiger partial charge in [-0.3, -0.25) is 9.59 Å². The summed E-state index contributed by atoms with van der Waals surface area (Å²) in [5, 5.41) is 17.7. The lowest BCUT2D eigenvalue weighted by Crippen LogP contribution is -2.20. The van der Waals surface area contributed by atoms with Crippen LogP contribution in [0, 0.1) is 11.3 Å². The molecule has 2 N–H and O–H groups in total. The second-order valence-electron chi connectivity index (χ2n) is 7.68. The van der Waals surface area contributed by atoms with E-state index in [0.717, 1.165) is 10.8 Å². The molecule has 0 bridgehead atoms. The fourth-order valence-corrected chi connectivity index (χ4v) is 3.76. The highest BCUT2D eigenvalue weighted by atomic mass is 35.5. The zero-order chi connectivity index (χ0) is 25.5. The second-order valence-corrected chi connectivity index (χ2v) is 8.52. The molecular formula is C28H19Cl2N3O3. The minimum absolute atomic E-state index is 0.0469. The molecule has 0 unspecified atom stereocenters. The first kappa shape index (κ1) is 24.8. The van der Waals surface area contributed by atoms with E-state index in [1.807, 2.05) is 42.5 Å². The highest BCUT2D eigenvalue weighted by molar-refractivity contribution is 6.35. The van der Waals surface area contributed by atoms with Crippen LogP contribution in [0.5, 0.6) is 5.75 Å². The topological polar surface area (TPSA) is 91.2 Å². The summed E-state index contributed by atoms with van der Waals surface area (Å²) in [6.07, 6.45) is 1.48. The van der Waals surface area contributed by atoms with Gasteiger partial charge < -0.3 is 15.4 Å². The molecule has 0 heterocycles. The number of nitrogens with zero attached hydrogens (tertiary/aromatic N) is 1. The average molecular weight is 516 g/mol. The molecule has 0 fully saturated rings. The zero-order valence-electron chi connectivity index (χ0n) is 18.8. The molecule has 0 aliphatic heterocycles. The van der Waals surface area contributed by atoms with Crippen molar-refractivity contribution in [3.63, 3.8) is 0 Å². The summed E-state index contributed by atoms with van der Waals surface area (Å²) in [5.41, 5.74) is 1.60. The number of amides is 2. The van der Waals surface area contributed by atoms with Gasteiger partial charge in [-0.05, 0) is 53.4 Å². The maximum Gasteiger partial charge on any atom is 0.266 e. The van der Waals surface area contributed by atoms with Crippen molar-refractivity contribution < 1.29 is 14.3 Å². The number of anilines is 2. The van der Waals surface area contributed by atoms with Gasteiger partial charge in [-0.15, -0.1) is 0 Å². The Morgan fingerprint density at radius 2 is 1.64 bits per heavy atom. The van der Waals surface area contributed by atoms with Crippen LogP contribution in [-0.4, -0.2) is 18.4 Å². The first-order valence-corrected chi connectivity index (χ1v) is 11.6. The molecule has 0 saturated carbocycles. The van der Waals surface area contributed by atoms with E-state index in [4.69, 9.17) is 27.9 Å². The number of ether oxygens (including phenoxy) is 1. The standard InChI is InChI=1S/C28H19Cl2N3O3/c29-21-10-13-24(30)26(15-21)32-27(34)17-36-22-11-8-18(9-12-22)14-20(16-31)28(35)33-25-7-3-5-19-4-1-2-6-23(19)25/h1-15H,17H2,(H,32,34)(H,33,35)/b20-14+. The molecule has 4 rings (SSSR count). The zero-order valence-corrected chi connectivity index (χ0v) is 20.3. The molecule has 4 aromatic rings. The Labute approximate surface area is 217 Å². The highest BCUT2D eigenvalue weighted by Crippen LogP contribution is 2.26. The van der Waals surface area contributed by atoms with Crippen LogP contribution in [0.4, 0.5) is 11.4 Å². The minimum Gasteiger partial charge on any atom is -0.484 e. The summed E-state index contributed by atoms with van der Waals surface area (Å²) < 4.78 is 5.51. The number of hydrogen-bond donors (Lipinski definition) is 2. The van der Waals surface area contributed by atoms with Crippen LogP contribution in [0.2, 0.25) is 10.0 Å². The molecule has 6 nitrogen and oxygen atoms in total. The smallest absolute Gasteiger partial charge is 0.266 e. The normalized spacial score (nSPS) is 11.0. The summed E-state index contributed by atoms with van der Waals surface area (Å²) in [6.45, 7) is -0.241. The molecule has 0 saturated heterocycles. The quantitative estimate of drug-likeness (QED) is 0.211. The Balaban J connectivity index is 1.38. The number of carbonyl (C=O) groups is 2. The Bertz CT molecular complexity index is 1500. The highest BCUT2D eigenvalue weighted by Gasteiger charge is 2.12. The molecule has 0 radical (unpaired) electrons. The third-order valence-corrected chi connectivity index (χ3v) is 5.73. The summed E-state index contributed by atoms with van der Waals surface area (Å²) in [5.74, 6) is -0.469. The number of benzene rings is 4. The Morgan fingerprint density at radius 3 is 2.42 bits per heavy atom. The number of hydrogen-bond acceptors (Lipinski definition) is 4. The first-order chi connectivity index (χ1) is 17.4. The fourth-order valence-electron chi connectivity index (χ4n) is 3.43. The van der Waals surface area contributed by atoms with Gasteiger partial charge in [0.25, 0.3) is 11.8 Å². The van der Waals surface area contributed by atoms with Crippen LogP contribution in [-0.2, 0) is 9.59 Å². The lowest BCUT2D eigenvalue weighted by Gasteiger charge is -2.10. The van der Waals surface area contributed by atoms with E-state index in [1.165, 1.54) is 6.08 Å². The molecule has 0 atom stereocenters. The summed E-state index contributed by atoms with van der Waals surface area (Å²) in [7, 11) is 0. The van der Waals surface area contributed by atoms with E-state index in [0.29, 0.717) is 32.7 Å². The van der Waals surface area contributed by atoms with Crippen LogP contribution in [0.3, 0.4) is 0 Å². The molecule has 4 aromatic carbocycles. The van der Waals surface area contributed by atoms with Gasteiger partial charge in [0.15, 0.2) is 6.61 Å². The van der Waals surface area contributed by atoms with Crippen molar-refractivity contribution in [2.24, 2.45) is 0 Å². The van der Waals surface area contributed by atoms with Crippen molar-refractivity contribution in [2.75, 3.05) is 17.2 Å². The van der Waals surface area contributed by atoms with Gasteiger partial charge >= 0.3 is 0 Å². The van der Waals surface area contributed by atoms with E-state index in [9.17, 15) is 14.9 Å². The molecule has 2 amide bonds. The minimum atomic E-state index is -0.509. The van der Waals surface area contributed by atoms with E-state index < -0.39 is 11.8 Å². The molecule has 0 spiro atoms. The summed E-state index contributed by atoms with van der Waals surface area (Å²) in [4.78, 5) is 24.9. The van der Waals surface area contributed by atoms with Crippen molar-refractivity contribution in [3.8, 4) is 11.8 Å². The predicted molar refractivity (Wildman–Crippen MR) is 143 cm³/mol. The third kappa shape index (κ3) is 6.22. The number of carbonyl (C=O) groups excluding carboxylic acids is 2. The Kier molecular flexibility index (Phi) is 7.86. The van der Waals surface area contributed by atoms with E-state index in [2.05, 4.69) is 10.6 Å². The van der Waals surface area contributed by atoms with Gasteiger partial charge in [-0.1, -0.05) is 71.7 Å². The molecular weight excluding hydrogens is 497 g/mol. The van der Waals surface area contributed by atoms with Gasteiger partial charge in [0.05, 0.1) is 10.7 Å². The third-order valence-electron chi connectivity index (χ3n) is 5.17. The van der Waals surface area contributed by atoms with Gasteiger partial charge in [-0.2, -0.15) is 5.26 Å². The predicted octanol–water partition coefficient (Wildman–Crippen LogP) is 6.71. The second kappa shape index (κ2) is 11.4. The Morgan fingerprint density at radius 1 is 0.889 bits per heavy atom. The van der Waals surface area contributed by atoms with Crippen LogP contribution in [0.1, 0.15) is 5.56 Å². The SMILES string of the molecule is N#C/C(=C\c1ccc(OCC(=O)Nc2cc(Cl)ccc2Cl)cc1)C(=O)Nc1cccc2ccccc12. The van der Waals surface area contributed by atoms with Crippen LogP contribution in [0.25, 0.3) is 16.8 Å². The van der Waals surface area contributed by atoms with Gasteiger partial charge in [0.2, 0.25) is 0 Å². The van der Waals surface area contributed by atoms with Gasteiger partial charge in [0.1, 0.15) is 17.4 Å². The van der Waals surface area contributed by atoms with E-state index >= 15 is 0 Å². The van der Waals surface area contributed by atoms with Crippen LogP contribution in [0.15, 0.2) is 90.5 Å². The monoisotopic (exact) mass is 515 g/mol. The van der Waals surface area contributed by atoms with Crippen molar-refractivity contribution in [3.05, 3.63) is 106 Å². The van der Waals surface area contributed by atoms with E-state index in [-0.39, 0.29) is 12.2 Å². The van der Waals surface area contributed by atoms with Crippen molar-refractivity contribution in [2.45, 2.75) is 0 Å². The fraction of sp³-hybridized carbons (Fsp3) is 0.0357. The van der Waals surface area contributed by atoms with Crippen molar-refractivity contribution >= 4 is 63.2 Å². The summed E-state index contributed by atoms with van der Waals surface area (Å²) in [6, 6.07) is 26.6. The average Bonchev–Trinajstić information content (AvgIpc) is 2.89. The number of rotatable bonds is 7. The number of nitrogens with one attached hydrogen (secondary N) is 2. The van der Waals surface area contributed by atoms with Crippen molar-refractivity contribution in [1.29, 1.82) is 5.26 Å². The van der Waals surface area contributed by atoms with Gasteiger partial charge in [-0.25, -0.2) is 0 Å². The molecule has 0 aromatic heterocycles. The molecule has 8 heteroatoms. The first-order valence-electron chi connectivity index (χ1n) is 10.8. The lowest BCUT2D eigenvalue weighted by molar-refractivity contribution is -0.118. The summed E-state index contributed by atoms with van der Waals surface area (Å²) >= 11 is 12.0. The van der Waals surface area contributed by atoms with E-state index in [1.54, 1.807) is 48.5 Å². The number of fused-ring (bicyclic) bond motifs is 1. The molecule has 0 aliphatic rings. The Hall–Kier alpha value is -4.31.